The second-order valence-electron chi connectivity index (χ2n) is 6.02. The van der Waals surface area contributed by atoms with E-state index in [0.717, 1.165) is 0 Å². The predicted molar refractivity (Wildman–Crippen MR) is 76.7 cm³/mol. The van der Waals surface area contributed by atoms with Gasteiger partial charge in [-0.05, 0) is 32.4 Å². The lowest BCUT2D eigenvalue weighted by atomic mass is 9.83. The van der Waals surface area contributed by atoms with Gasteiger partial charge in [-0.3, -0.25) is 4.79 Å². The average molecular weight is 268 g/mol. The zero-order chi connectivity index (χ0) is 14.6. The van der Waals surface area contributed by atoms with Crippen molar-refractivity contribution < 1.29 is 14.6 Å². The van der Waals surface area contributed by atoms with Crippen LogP contribution >= 0.6 is 0 Å². The summed E-state index contributed by atoms with van der Waals surface area (Å²) in [5.41, 5.74) is 2.90. The standard InChI is InChI=1S/C14H24O3Si/c1-11(9-8-10-18(5,6)7)12(15)14(2,3)13(16)17-4/h9,12,15H,1-7H3/b11-9+/t12-/m1/s1. The van der Waals surface area contributed by atoms with E-state index in [0.29, 0.717) is 5.57 Å². The van der Waals surface area contributed by atoms with Crippen LogP contribution in [0.4, 0.5) is 0 Å². The summed E-state index contributed by atoms with van der Waals surface area (Å²) < 4.78 is 4.69. The molecule has 0 aliphatic heterocycles. The van der Waals surface area contributed by atoms with Crippen LogP contribution in [0.1, 0.15) is 20.8 Å². The van der Waals surface area contributed by atoms with E-state index in [1.807, 2.05) is 0 Å². The highest BCUT2D eigenvalue weighted by molar-refractivity contribution is 6.83. The van der Waals surface area contributed by atoms with Crippen LogP contribution in [0.2, 0.25) is 19.6 Å². The molecule has 102 valence electrons. The van der Waals surface area contributed by atoms with Gasteiger partial charge in [-0.25, -0.2) is 0 Å². The first kappa shape index (κ1) is 16.9. The number of hydrogen-bond donors (Lipinski definition) is 1. The van der Waals surface area contributed by atoms with Crippen molar-refractivity contribution in [3.63, 3.8) is 0 Å². The molecule has 0 saturated heterocycles. The summed E-state index contributed by atoms with van der Waals surface area (Å²) in [6.45, 7) is 11.5. The summed E-state index contributed by atoms with van der Waals surface area (Å²) in [6, 6.07) is 0. The van der Waals surface area contributed by atoms with Crippen molar-refractivity contribution in [1.82, 2.24) is 0 Å². The van der Waals surface area contributed by atoms with Gasteiger partial charge in [-0.1, -0.05) is 25.6 Å². The molecular formula is C14H24O3Si. The minimum absolute atomic E-state index is 0.430. The lowest BCUT2D eigenvalue weighted by Crippen LogP contribution is -2.38. The van der Waals surface area contributed by atoms with E-state index in [4.69, 9.17) is 0 Å². The molecule has 0 aliphatic carbocycles. The average Bonchev–Trinajstić information content (AvgIpc) is 2.24. The molecule has 0 heterocycles. The zero-order valence-corrected chi connectivity index (χ0v) is 13.4. The van der Waals surface area contributed by atoms with Crippen LogP contribution in [0.3, 0.4) is 0 Å². The van der Waals surface area contributed by atoms with Gasteiger partial charge < -0.3 is 9.84 Å². The first-order valence-corrected chi connectivity index (χ1v) is 9.48. The first-order valence-electron chi connectivity index (χ1n) is 5.98. The lowest BCUT2D eigenvalue weighted by Gasteiger charge is -2.27. The minimum Gasteiger partial charge on any atom is -0.469 e. The summed E-state index contributed by atoms with van der Waals surface area (Å²) in [6.07, 6.45) is 0.800. The van der Waals surface area contributed by atoms with Crippen LogP contribution in [-0.2, 0) is 9.53 Å². The van der Waals surface area contributed by atoms with Crippen LogP contribution in [-0.4, -0.2) is 32.4 Å². The topological polar surface area (TPSA) is 46.5 Å². The molecule has 3 nitrogen and oxygen atoms in total. The highest BCUT2D eigenvalue weighted by Gasteiger charge is 2.37. The van der Waals surface area contributed by atoms with Crippen LogP contribution in [0.25, 0.3) is 0 Å². The molecule has 0 spiro atoms. The maximum atomic E-state index is 11.6. The number of aliphatic hydroxyl groups excluding tert-OH is 1. The Hall–Kier alpha value is -1.05. The molecule has 0 amide bonds. The molecule has 0 aliphatic rings. The van der Waals surface area contributed by atoms with Crippen LogP contribution in [0.5, 0.6) is 0 Å². The Bertz CT molecular complexity index is 391. The number of methoxy groups -OCH3 is 1. The molecule has 4 heteroatoms. The number of aliphatic hydroxyl groups is 1. The lowest BCUT2D eigenvalue weighted by molar-refractivity contribution is -0.155. The highest BCUT2D eigenvalue weighted by Crippen LogP contribution is 2.27. The second kappa shape index (κ2) is 6.21. The molecule has 0 saturated carbocycles. The molecule has 0 fully saturated rings. The van der Waals surface area contributed by atoms with Gasteiger partial charge in [0.15, 0.2) is 0 Å². The van der Waals surface area contributed by atoms with Crippen LogP contribution in [0.15, 0.2) is 11.6 Å². The van der Waals surface area contributed by atoms with Crippen LogP contribution in [0, 0.1) is 16.9 Å². The Kier molecular flexibility index (Phi) is 5.85. The van der Waals surface area contributed by atoms with Gasteiger partial charge in [0.05, 0.1) is 18.6 Å². The maximum Gasteiger partial charge on any atom is 0.314 e. The largest absolute Gasteiger partial charge is 0.469 e. The summed E-state index contributed by atoms with van der Waals surface area (Å²) in [5, 5.41) is 10.2. The number of hydrogen-bond acceptors (Lipinski definition) is 3. The molecule has 1 N–H and O–H groups in total. The monoisotopic (exact) mass is 268 g/mol. The number of carbonyl (C=O) groups excluding carboxylic acids is 1. The zero-order valence-electron chi connectivity index (χ0n) is 12.4. The van der Waals surface area contributed by atoms with Gasteiger partial charge >= 0.3 is 5.97 Å². The van der Waals surface area contributed by atoms with Gasteiger partial charge in [0, 0.05) is 0 Å². The Labute approximate surface area is 111 Å². The molecule has 0 aromatic rings. The van der Waals surface area contributed by atoms with Crippen LogP contribution < -0.4 is 0 Å². The predicted octanol–water partition coefficient (Wildman–Crippen LogP) is 2.37. The van der Waals surface area contributed by atoms with Gasteiger partial charge in [0.1, 0.15) is 8.07 Å². The Balaban J connectivity index is 4.99. The highest BCUT2D eigenvalue weighted by atomic mass is 28.3. The normalized spacial score (nSPS) is 14.6. The van der Waals surface area contributed by atoms with E-state index < -0.39 is 25.6 Å². The SMILES string of the molecule is COC(=O)C(C)(C)[C@H](O)/C(C)=C/C#C[Si](C)(C)C. The number of ether oxygens (including phenoxy) is 1. The van der Waals surface area contributed by atoms with E-state index in [1.165, 1.54) is 7.11 Å². The molecule has 0 radical (unpaired) electrons. The number of rotatable bonds is 3. The fourth-order valence-corrected chi connectivity index (χ4v) is 1.89. The third kappa shape index (κ3) is 5.07. The quantitative estimate of drug-likeness (QED) is 0.485. The van der Waals surface area contributed by atoms with E-state index in [1.54, 1.807) is 26.8 Å². The molecule has 0 aromatic carbocycles. The number of esters is 1. The molecule has 0 rings (SSSR count). The summed E-state index contributed by atoms with van der Waals surface area (Å²) in [4.78, 5) is 11.6. The van der Waals surface area contributed by atoms with Gasteiger partial charge in [0.25, 0.3) is 0 Å². The maximum absolute atomic E-state index is 11.6. The fourth-order valence-electron chi connectivity index (χ4n) is 1.39. The Morgan fingerprint density at radius 1 is 1.39 bits per heavy atom. The van der Waals surface area contributed by atoms with Crippen molar-refractivity contribution in [2.45, 2.75) is 46.5 Å². The summed E-state index contributed by atoms with van der Waals surface area (Å²) >= 11 is 0. The Morgan fingerprint density at radius 3 is 2.28 bits per heavy atom. The van der Waals surface area contributed by atoms with E-state index in [-0.39, 0.29) is 0 Å². The summed E-state index contributed by atoms with van der Waals surface area (Å²) in [7, 11) is -0.0921. The van der Waals surface area contributed by atoms with Gasteiger partial charge in [-0.2, -0.15) is 0 Å². The van der Waals surface area contributed by atoms with Crippen molar-refractivity contribution in [2.75, 3.05) is 7.11 Å². The van der Waals surface area contributed by atoms with E-state index in [2.05, 4.69) is 35.8 Å². The van der Waals surface area contributed by atoms with Gasteiger partial charge in [-0.15, -0.1) is 5.54 Å². The second-order valence-corrected chi connectivity index (χ2v) is 10.8. The van der Waals surface area contributed by atoms with E-state index in [9.17, 15) is 9.90 Å². The third-order valence-electron chi connectivity index (χ3n) is 2.57. The van der Waals surface area contributed by atoms with Crippen molar-refractivity contribution in [3.8, 4) is 11.5 Å². The molecular weight excluding hydrogens is 244 g/mol. The minimum atomic E-state index is -1.41. The third-order valence-corrected chi connectivity index (χ3v) is 3.47. The van der Waals surface area contributed by atoms with E-state index >= 15 is 0 Å². The molecule has 18 heavy (non-hydrogen) atoms. The first-order chi connectivity index (χ1) is 8.02. The number of carbonyl (C=O) groups is 1. The fraction of sp³-hybridized carbons (Fsp3) is 0.643. The molecule has 0 aromatic heterocycles. The summed E-state index contributed by atoms with van der Waals surface area (Å²) in [5.74, 6) is 2.54. The number of allylic oxidation sites excluding steroid dienone is 1. The van der Waals surface area contributed by atoms with Crippen molar-refractivity contribution in [1.29, 1.82) is 0 Å². The smallest absolute Gasteiger partial charge is 0.314 e. The van der Waals surface area contributed by atoms with Crippen molar-refractivity contribution in [2.24, 2.45) is 5.41 Å². The Morgan fingerprint density at radius 2 is 1.89 bits per heavy atom. The van der Waals surface area contributed by atoms with Crippen molar-refractivity contribution >= 4 is 14.0 Å². The molecule has 0 unspecified atom stereocenters. The van der Waals surface area contributed by atoms with Gasteiger partial charge in [0.2, 0.25) is 0 Å². The molecule has 1 atom stereocenters. The van der Waals surface area contributed by atoms with Crippen molar-refractivity contribution in [3.05, 3.63) is 11.6 Å². The molecule has 0 bridgehead atoms.